The lowest BCUT2D eigenvalue weighted by molar-refractivity contribution is 0.339. The van der Waals surface area contributed by atoms with Crippen LogP contribution in [0.5, 0.6) is 0 Å². The first-order valence-corrected chi connectivity index (χ1v) is 7.14. The standard InChI is InChI=1S/C13H17N5O/c1-2-7-11-10(6-1)15-17-18(11)8-12-14-13(16-19-12)9-4-3-5-9/h9H,1-8H2. The summed E-state index contributed by atoms with van der Waals surface area (Å²) in [5.41, 5.74) is 2.39. The van der Waals surface area contributed by atoms with Crippen LogP contribution in [0.3, 0.4) is 0 Å². The number of aryl methyl sites for hydroxylation is 1. The van der Waals surface area contributed by atoms with Crippen LogP contribution in [0.1, 0.15) is 61.1 Å². The summed E-state index contributed by atoms with van der Waals surface area (Å²) in [5, 5.41) is 12.5. The molecule has 2 aromatic rings. The second kappa shape index (κ2) is 4.43. The normalized spacial score (nSPS) is 19.2. The molecule has 6 heteroatoms. The monoisotopic (exact) mass is 259 g/mol. The number of rotatable bonds is 3. The van der Waals surface area contributed by atoms with Crippen molar-refractivity contribution in [3.8, 4) is 0 Å². The Morgan fingerprint density at radius 2 is 2.05 bits per heavy atom. The first-order chi connectivity index (χ1) is 9.40. The van der Waals surface area contributed by atoms with Crippen molar-refractivity contribution in [2.45, 2.75) is 57.4 Å². The molecular formula is C13H17N5O. The molecule has 0 spiro atoms. The van der Waals surface area contributed by atoms with Crippen molar-refractivity contribution in [3.05, 3.63) is 23.1 Å². The third-order valence-electron chi connectivity index (χ3n) is 4.23. The summed E-state index contributed by atoms with van der Waals surface area (Å²) in [6, 6.07) is 0. The van der Waals surface area contributed by atoms with E-state index < -0.39 is 0 Å². The second-order valence-corrected chi connectivity index (χ2v) is 5.52. The molecule has 2 aliphatic carbocycles. The Hall–Kier alpha value is -1.72. The minimum absolute atomic E-state index is 0.516. The highest BCUT2D eigenvalue weighted by atomic mass is 16.5. The quantitative estimate of drug-likeness (QED) is 0.841. The Morgan fingerprint density at radius 3 is 2.89 bits per heavy atom. The predicted molar refractivity (Wildman–Crippen MR) is 66.7 cm³/mol. The summed E-state index contributed by atoms with van der Waals surface area (Å²) in [7, 11) is 0. The van der Waals surface area contributed by atoms with Gasteiger partial charge in [0, 0.05) is 5.92 Å². The third-order valence-corrected chi connectivity index (χ3v) is 4.23. The van der Waals surface area contributed by atoms with Gasteiger partial charge in [-0.15, -0.1) is 5.10 Å². The molecule has 1 fully saturated rings. The molecule has 2 aliphatic rings. The highest BCUT2D eigenvalue weighted by Gasteiger charge is 2.25. The maximum Gasteiger partial charge on any atom is 0.248 e. The van der Waals surface area contributed by atoms with Crippen molar-refractivity contribution in [1.29, 1.82) is 0 Å². The molecule has 0 aromatic carbocycles. The minimum Gasteiger partial charge on any atom is -0.337 e. The molecule has 6 nitrogen and oxygen atoms in total. The van der Waals surface area contributed by atoms with E-state index in [1.165, 1.54) is 37.8 Å². The van der Waals surface area contributed by atoms with Gasteiger partial charge < -0.3 is 4.52 Å². The zero-order valence-electron chi connectivity index (χ0n) is 10.9. The van der Waals surface area contributed by atoms with E-state index in [0.29, 0.717) is 18.4 Å². The fourth-order valence-electron chi connectivity index (χ4n) is 2.84. The van der Waals surface area contributed by atoms with Gasteiger partial charge in [0.05, 0.1) is 11.4 Å². The average Bonchev–Trinajstić information content (AvgIpc) is 2.96. The van der Waals surface area contributed by atoms with E-state index in [0.717, 1.165) is 24.4 Å². The molecule has 0 unspecified atom stereocenters. The highest BCUT2D eigenvalue weighted by molar-refractivity contribution is 5.14. The number of nitrogens with zero attached hydrogens (tertiary/aromatic N) is 5. The molecule has 0 saturated heterocycles. The van der Waals surface area contributed by atoms with Crippen LogP contribution in [0.25, 0.3) is 0 Å². The van der Waals surface area contributed by atoms with Gasteiger partial charge in [-0.05, 0) is 38.5 Å². The molecule has 19 heavy (non-hydrogen) atoms. The molecule has 1 saturated carbocycles. The van der Waals surface area contributed by atoms with E-state index in [2.05, 4.69) is 20.5 Å². The molecular weight excluding hydrogens is 242 g/mol. The van der Waals surface area contributed by atoms with Gasteiger partial charge in [-0.25, -0.2) is 4.68 Å². The molecule has 0 N–H and O–H groups in total. The number of hydrogen-bond donors (Lipinski definition) is 0. The van der Waals surface area contributed by atoms with Crippen LogP contribution in [0.4, 0.5) is 0 Å². The van der Waals surface area contributed by atoms with Crippen molar-refractivity contribution < 1.29 is 4.52 Å². The minimum atomic E-state index is 0.516. The van der Waals surface area contributed by atoms with E-state index in [-0.39, 0.29) is 0 Å². The maximum absolute atomic E-state index is 5.34. The maximum atomic E-state index is 5.34. The van der Waals surface area contributed by atoms with E-state index >= 15 is 0 Å². The van der Waals surface area contributed by atoms with Crippen molar-refractivity contribution >= 4 is 0 Å². The molecule has 2 heterocycles. The van der Waals surface area contributed by atoms with E-state index in [9.17, 15) is 0 Å². The molecule has 0 bridgehead atoms. The summed E-state index contributed by atoms with van der Waals surface area (Å²) in [6.45, 7) is 0.558. The first kappa shape index (κ1) is 11.1. The molecule has 0 atom stereocenters. The topological polar surface area (TPSA) is 69.6 Å². The van der Waals surface area contributed by atoms with Crippen LogP contribution in [-0.2, 0) is 19.4 Å². The molecule has 100 valence electrons. The van der Waals surface area contributed by atoms with Gasteiger partial charge in [-0.2, -0.15) is 4.98 Å². The second-order valence-electron chi connectivity index (χ2n) is 5.52. The predicted octanol–water partition coefficient (Wildman–Crippen LogP) is 1.86. The smallest absolute Gasteiger partial charge is 0.248 e. The lowest BCUT2D eigenvalue weighted by Gasteiger charge is -2.20. The van der Waals surface area contributed by atoms with E-state index in [4.69, 9.17) is 4.52 Å². The van der Waals surface area contributed by atoms with Crippen molar-refractivity contribution in [2.24, 2.45) is 0 Å². The van der Waals surface area contributed by atoms with Crippen LogP contribution in [-0.4, -0.2) is 25.1 Å². The highest BCUT2D eigenvalue weighted by Crippen LogP contribution is 2.34. The zero-order valence-corrected chi connectivity index (χ0v) is 10.9. The Labute approximate surface area is 111 Å². The zero-order chi connectivity index (χ0) is 12.7. The van der Waals surface area contributed by atoms with E-state index in [1.54, 1.807) is 0 Å². The first-order valence-electron chi connectivity index (χ1n) is 7.14. The van der Waals surface area contributed by atoms with Gasteiger partial charge in [-0.1, -0.05) is 16.8 Å². The van der Waals surface area contributed by atoms with Gasteiger partial charge >= 0.3 is 0 Å². The van der Waals surface area contributed by atoms with Crippen LogP contribution in [0.15, 0.2) is 4.52 Å². The fourth-order valence-corrected chi connectivity index (χ4v) is 2.84. The third kappa shape index (κ3) is 1.95. The summed E-state index contributed by atoms with van der Waals surface area (Å²) in [5.74, 6) is 2.04. The van der Waals surface area contributed by atoms with Gasteiger partial charge in [-0.3, -0.25) is 0 Å². The van der Waals surface area contributed by atoms with Gasteiger partial charge in [0.1, 0.15) is 6.54 Å². The molecule has 0 amide bonds. The number of hydrogen-bond acceptors (Lipinski definition) is 5. The summed E-state index contributed by atoms with van der Waals surface area (Å²) in [4.78, 5) is 4.49. The molecule has 2 aromatic heterocycles. The van der Waals surface area contributed by atoms with Gasteiger partial charge in [0.15, 0.2) is 5.82 Å². The van der Waals surface area contributed by atoms with Crippen LogP contribution in [0, 0.1) is 0 Å². The van der Waals surface area contributed by atoms with Gasteiger partial charge in [0.25, 0.3) is 0 Å². The number of fused-ring (bicyclic) bond motifs is 1. The van der Waals surface area contributed by atoms with Crippen LogP contribution >= 0.6 is 0 Å². The number of aromatic nitrogens is 5. The van der Waals surface area contributed by atoms with Gasteiger partial charge in [0.2, 0.25) is 5.89 Å². The van der Waals surface area contributed by atoms with Crippen molar-refractivity contribution in [2.75, 3.05) is 0 Å². The lowest BCUT2D eigenvalue weighted by atomic mass is 9.85. The summed E-state index contributed by atoms with van der Waals surface area (Å²) < 4.78 is 7.26. The average molecular weight is 259 g/mol. The Morgan fingerprint density at radius 1 is 1.16 bits per heavy atom. The lowest BCUT2D eigenvalue weighted by Crippen LogP contribution is -2.12. The summed E-state index contributed by atoms with van der Waals surface area (Å²) >= 11 is 0. The van der Waals surface area contributed by atoms with Crippen molar-refractivity contribution in [1.82, 2.24) is 25.1 Å². The molecule has 4 rings (SSSR count). The largest absolute Gasteiger partial charge is 0.337 e. The Bertz CT molecular complexity index is 584. The Kier molecular flexibility index (Phi) is 2.60. The Balaban J connectivity index is 1.54. The van der Waals surface area contributed by atoms with Crippen LogP contribution in [0.2, 0.25) is 0 Å². The molecule has 0 aliphatic heterocycles. The fraction of sp³-hybridized carbons (Fsp3) is 0.692. The molecule has 0 radical (unpaired) electrons. The summed E-state index contributed by atoms with van der Waals surface area (Å²) in [6.07, 6.45) is 8.22. The van der Waals surface area contributed by atoms with Crippen molar-refractivity contribution in [3.63, 3.8) is 0 Å². The van der Waals surface area contributed by atoms with Crippen LogP contribution < -0.4 is 0 Å². The van der Waals surface area contributed by atoms with E-state index in [1.807, 2.05) is 4.68 Å². The SMILES string of the molecule is C1CCc2c(nnn2Cc2nc(C3CCC3)no2)C1.